The van der Waals surface area contributed by atoms with Crippen LogP contribution in [0.4, 0.5) is 11.5 Å². The molecule has 0 aliphatic heterocycles. The van der Waals surface area contributed by atoms with E-state index < -0.39 is 0 Å². The van der Waals surface area contributed by atoms with Gasteiger partial charge in [0.2, 0.25) is 0 Å². The molecule has 0 bridgehead atoms. The van der Waals surface area contributed by atoms with E-state index in [0.717, 1.165) is 49.4 Å². The Kier molecular flexibility index (Phi) is 6.16. The number of benzene rings is 3. The van der Waals surface area contributed by atoms with Gasteiger partial charge in [-0.3, -0.25) is 4.79 Å². The summed E-state index contributed by atoms with van der Waals surface area (Å²) in [6, 6.07) is 17.6. The molecule has 0 saturated heterocycles. The molecule has 8 heteroatoms. The Bertz CT molecular complexity index is 1500. The molecule has 0 fully saturated rings. The summed E-state index contributed by atoms with van der Waals surface area (Å²) in [5, 5.41) is 4.23. The number of hydrogen-bond donors (Lipinski definition) is 1. The summed E-state index contributed by atoms with van der Waals surface area (Å²) in [5.41, 5.74) is 6.31. The molecular formula is C26H22N4O3S. The topological polar surface area (TPSA) is 86.2 Å². The maximum absolute atomic E-state index is 12.0. The zero-order valence-electron chi connectivity index (χ0n) is 18.7. The maximum atomic E-state index is 12.0. The monoisotopic (exact) mass is 470 g/mol. The molecule has 1 N–H and O–H groups in total. The van der Waals surface area contributed by atoms with E-state index in [1.165, 1.54) is 13.4 Å². The lowest BCUT2D eigenvalue weighted by Crippen LogP contribution is -2.09. The van der Waals surface area contributed by atoms with Gasteiger partial charge in [-0.1, -0.05) is 6.07 Å². The lowest BCUT2D eigenvalue weighted by molar-refractivity contribution is -0.121. The molecular weight excluding hydrogens is 448 g/mol. The lowest BCUT2D eigenvalue weighted by atomic mass is 10.1. The third-order valence-corrected chi connectivity index (χ3v) is 6.18. The normalized spacial score (nSPS) is 11.1. The minimum absolute atomic E-state index is 0.0216. The summed E-state index contributed by atoms with van der Waals surface area (Å²) in [6.45, 7) is 2.10. The zero-order valence-corrected chi connectivity index (χ0v) is 19.6. The van der Waals surface area contributed by atoms with Crippen molar-refractivity contribution in [2.45, 2.75) is 13.3 Å². The average molecular weight is 471 g/mol. The second kappa shape index (κ2) is 9.54. The van der Waals surface area contributed by atoms with Gasteiger partial charge >= 0.3 is 0 Å². The van der Waals surface area contributed by atoms with E-state index in [9.17, 15) is 4.79 Å². The van der Waals surface area contributed by atoms with Crippen LogP contribution in [0.25, 0.3) is 21.1 Å². The number of carbonyl (C=O) groups excluding carboxylic acids is 1. The molecule has 0 spiro atoms. The number of aromatic nitrogens is 3. The Morgan fingerprint density at radius 3 is 2.76 bits per heavy atom. The highest BCUT2D eigenvalue weighted by Crippen LogP contribution is 2.31. The number of Topliss-reactive ketones (excluding diaryl/α,β-unsaturated/α-hetero) is 1. The smallest absolute Gasteiger partial charge is 0.162 e. The Labute approximate surface area is 200 Å². The molecule has 3 aromatic carbocycles. The number of hydrogen-bond acceptors (Lipinski definition) is 8. The van der Waals surface area contributed by atoms with Crippen LogP contribution in [-0.2, 0) is 16.0 Å². The first kappa shape index (κ1) is 21.9. The van der Waals surface area contributed by atoms with Crippen molar-refractivity contribution in [3.63, 3.8) is 0 Å². The fourth-order valence-electron chi connectivity index (χ4n) is 3.76. The number of aryl methyl sites for hydroxylation is 1. The van der Waals surface area contributed by atoms with Crippen LogP contribution in [0.5, 0.6) is 11.5 Å². The second-order valence-electron chi connectivity index (χ2n) is 7.91. The molecule has 5 aromatic rings. The molecule has 170 valence electrons. The van der Waals surface area contributed by atoms with Gasteiger partial charge in [0.1, 0.15) is 30.3 Å². The standard InChI is InChI=1S/C26H22N4O3S/c1-16-9-18(4-7-24(16)33-20-5-8-25-23(12-20)29-15-34-25)30-26-21-11-17(10-19(31)13-32-2)3-6-22(21)27-14-28-26/h3-9,11-12,14-15H,10,13H2,1-2H3,(H,27,28,30). The molecule has 0 radical (unpaired) electrons. The first-order valence-electron chi connectivity index (χ1n) is 10.7. The van der Waals surface area contributed by atoms with Crippen molar-refractivity contribution >= 4 is 49.7 Å². The average Bonchev–Trinajstić information content (AvgIpc) is 3.29. The maximum Gasteiger partial charge on any atom is 0.162 e. The molecule has 7 nitrogen and oxygen atoms in total. The molecule has 2 heterocycles. The van der Waals surface area contributed by atoms with E-state index in [1.54, 1.807) is 11.3 Å². The van der Waals surface area contributed by atoms with Crippen molar-refractivity contribution in [1.29, 1.82) is 0 Å². The largest absolute Gasteiger partial charge is 0.457 e. The third kappa shape index (κ3) is 4.73. The van der Waals surface area contributed by atoms with Crippen LogP contribution in [0.3, 0.4) is 0 Å². The van der Waals surface area contributed by atoms with Crippen molar-refractivity contribution in [1.82, 2.24) is 15.0 Å². The number of carbonyl (C=O) groups is 1. The van der Waals surface area contributed by atoms with Gasteiger partial charge < -0.3 is 14.8 Å². The van der Waals surface area contributed by atoms with Crippen LogP contribution in [-0.4, -0.2) is 34.5 Å². The van der Waals surface area contributed by atoms with Crippen LogP contribution in [0.15, 0.2) is 66.4 Å². The SMILES string of the molecule is COCC(=O)Cc1ccc2ncnc(Nc3ccc(Oc4ccc5scnc5c4)c(C)c3)c2c1. The van der Waals surface area contributed by atoms with Gasteiger partial charge in [0, 0.05) is 30.7 Å². The number of ketones is 1. The van der Waals surface area contributed by atoms with Gasteiger partial charge in [-0.05, 0) is 60.5 Å². The van der Waals surface area contributed by atoms with Gasteiger partial charge in [-0.25, -0.2) is 15.0 Å². The molecule has 0 aliphatic carbocycles. The molecule has 0 saturated carbocycles. The van der Waals surface area contributed by atoms with Gasteiger partial charge in [0.25, 0.3) is 0 Å². The van der Waals surface area contributed by atoms with Crippen molar-refractivity contribution in [2.24, 2.45) is 0 Å². The Balaban J connectivity index is 1.37. The number of nitrogens with zero attached hydrogens (tertiary/aromatic N) is 3. The van der Waals surface area contributed by atoms with Gasteiger partial charge in [-0.15, -0.1) is 11.3 Å². The fraction of sp³-hybridized carbons (Fsp3) is 0.154. The molecule has 0 atom stereocenters. The van der Waals surface area contributed by atoms with E-state index in [4.69, 9.17) is 9.47 Å². The van der Waals surface area contributed by atoms with E-state index in [-0.39, 0.29) is 12.4 Å². The second-order valence-corrected chi connectivity index (χ2v) is 8.80. The number of methoxy groups -OCH3 is 1. The third-order valence-electron chi connectivity index (χ3n) is 5.37. The van der Waals surface area contributed by atoms with E-state index in [0.29, 0.717) is 12.2 Å². The number of thiazole rings is 1. The Hall–Kier alpha value is -3.88. The predicted molar refractivity (Wildman–Crippen MR) is 134 cm³/mol. The van der Waals surface area contributed by atoms with Crippen LogP contribution in [0.2, 0.25) is 0 Å². The van der Waals surface area contributed by atoms with Crippen molar-refractivity contribution in [3.05, 3.63) is 77.6 Å². The highest BCUT2D eigenvalue weighted by atomic mass is 32.1. The fourth-order valence-corrected chi connectivity index (χ4v) is 4.42. The van der Waals surface area contributed by atoms with Crippen molar-refractivity contribution in [2.75, 3.05) is 19.0 Å². The summed E-state index contributed by atoms with van der Waals surface area (Å²) < 4.78 is 12.2. The van der Waals surface area contributed by atoms with E-state index in [2.05, 4.69) is 20.3 Å². The van der Waals surface area contributed by atoms with Crippen LogP contribution >= 0.6 is 11.3 Å². The molecule has 5 rings (SSSR count). The highest BCUT2D eigenvalue weighted by molar-refractivity contribution is 7.16. The summed E-state index contributed by atoms with van der Waals surface area (Å²) in [6.07, 6.45) is 1.83. The first-order valence-corrected chi connectivity index (χ1v) is 11.6. The number of anilines is 2. The minimum atomic E-state index is 0.0216. The van der Waals surface area contributed by atoms with E-state index in [1.807, 2.05) is 67.0 Å². The van der Waals surface area contributed by atoms with E-state index >= 15 is 0 Å². The first-order chi connectivity index (χ1) is 16.6. The van der Waals surface area contributed by atoms with Gasteiger partial charge in [0.05, 0.1) is 21.2 Å². The molecule has 2 aromatic heterocycles. The summed E-state index contributed by atoms with van der Waals surface area (Å²) in [4.78, 5) is 25.1. The van der Waals surface area contributed by atoms with Crippen molar-refractivity contribution < 1.29 is 14.3 Å². The van der Waals surface area contributed by atoms with Crippen LogP contribution < -0.4 is 10.1 Å². The number of nitrogens with one attached hydrogen (secondary N) is 1. The number of ether oxygens (including phenoxy) is 2. The number of fused-ring (bicyclic) bond motifs is 2. The Morgan fingerprint density at radius 2 is 1.91 bits per heavy atom. The van der Waals surface area contributed by atoms with Crippen LogP contribution in [0.1, 0.15) is 11.1 Å². The zero-order chi connectivity index (χ0) is 23.5. The predicted octanol–water partition coefficient (Wildman–Crippen LogP) is 5.84. The summed E-state index contributed by atoms with van der Waals surface area (Å²) in [5.74, 6) is 2.22. The number of rotatable bonds is 8. The quantitative estimate of drug-likeness (QED) is 0.305. The highest BCUT2D eigenvalue weighted by Gasteiger charge is 2.10. The molecule has 0 aliphatic rings. The molecule has 0 unspecified atom stereocenters. The summed E-state index contributed by atoms with van der Waals surface area (Å²) >= 11 is 1.61. The Morgan fingerprint density at radius 1 is 1.00 bits per heavy atom. The molecule has 0 amide bonds. The summed E-state index contributed by atoms with van der Waals surface area (Å²) in [7, 11) is 1.52. The lowest BCUT2D eigenvalue weighted by Gasteiger charge is -2.13. The van der Waals surface area contributed by atoms with Gasteiger partial charge in [0.15, 0.2) is 5.78 Å². The molecule has 34 heavy (non-hydrogen) atoms. The van der Waals surface area contributed by atoms with Crippen LogP contribution in [0, 0.1) is 6.92 Å². The minimum Gasteiger partial charge on any atom is -0.457 e. The van der Waals surface area contributed by atoms with Crippen molar-refractivity contribution in [3.8, 4) is 11.5 Å². The van der Waals surface area contributed by atoms with Gasteiger partial charge in [-0.2, -0.15) is 0 Å².